The molecule has 3 rings (SSSR count). The van der Waals surface area contributed by atoms with E-state index in [4.69, 9.17) is 10.5 Å². The maximum atomic E-state index is 13.3. The number of benzene rings is 2. The number of alkyl halides is 3. The van der Waals surface area contributed by atoms with Crippen LogP contribution < -0.4 is 15.4 Å². The van der Waals surface area contributed by atoms with Gasteiger partial charge in [0.05, 0.1) is 5.56 Å². The molecule has 5 nitrogen and oxygen atoms in total. The molecule has 1 aliphatic rings. The van der Waals surface area contributed by atoms with Gasteiger partial charge in [-0.15, -0.1) is 0 Å². The molecule has 0 aliphatic carbocycles. The van der Waals surface area contributed by atoms with Crippen LogP contribution in [0.25, 0.3) is 0 Å². The van der Waals surface area contributed by atoms with E-state index in [-0.39, 0.29) is 18.4 Å². The van der Waals surface area contributed by atoms with Crippen molar-refractivity contribution in [2.75, 3.05) is 37.7 Å². The summed E-state index contributed by atoms with van der Waals surface area (Å²) < 4.78 is 45.5. The molecule has 1 aliphatic heterocycles. The highest BCUT2D eigenvalue weighted by molar-refractivity contribution is 5.78. The third-order valence-corrected chi connectivity index (χ3v) is 5.84. The second-order valence-electron chi connectivity index (χ2n) is 8.98. The summed E-state index contributed by atoms with van der Waals surface area (Å²) >= 11 is 0. The summed E-state index contributed by atoms with van der Waals surface area (Å²) in [5, 5.41) is 0. The van der Waals surface area contributed by atoms with Gasteiger partial charge < -0.3 is 20.3 Å². The average molecular weight is 464 g/mol. The molecule has 2 N–H and O–H groups in total. The van der Waals surface area contributed by atoms with Gasteiger partial charge in [0.25, 0.3) is 5.91 Å². The van der Waals surface area contributed by atoms with E-state index in [1.807, 2.05) is 49.9 Å². The number of halogens is 3. The Morgan fingerprint density at radius 3 is 2.27 bits per heavy atom. The Kier molecular flexibility index (Phi) is 7.89. The number of carbonyl (C=O) groups is 1. The molecule has 0 saturated carbocycles. The van der Waals surface area contributed by atoms with Crippen LogP contribution in [-0.4, -0.2) is 43.6 Å². The van der Waals surface area contributed by atoms with Gasteiger partial charge in [-0.05, 0) is 55.2 Å². The highest BCUT2D eigenvalue weighted by atomic mass is 19.4. The lowest BCUT2D eigenvalue weighted by atomic mass is 9.94. The van der Waals surface area contributed by atoms with Gasteiger partial charge in [0.1, 0.15) is 5.75 Å². The van der Waals surface area contributed by atoms with E-state index >= 15 is 0 Å². The number of nitrogens with zero attached hydrogens (tertiary/aromatic N) is 2. The van der Waals surface area contributed by atoms with Crippen LogP contribution in [0.15, 0.2) is 42.5 Å². The summed E-state index contributed by atoms with van der Waals surface area (Å²) in [6.07, 6.45) is -3.84. The zero-order valence-corrected chi connectivity index (χ0v) is 19.4. The Balaban J connectivity index is 1.66. The first-order chi connectivity index (χ1) is 15.5. The maximum absolute atomic E-state index is 13.3. The number of aryl methyl sites for hydroxylation is 1. The van der Waals surface area contributed by atoms with Crippen LogP contribution in [0.4, 0.5) is 18.9 Å². The summed E-state index contributed by atoms with van der Waals surface area (Å²) in [4.78, 5) is 16.3. The van der Waals surface area contributed by atoms with Crippen molar-refractivity contribution in [1.82, 2.24) is 4.90 Å². The van der Waals surface area contributed by atoms with Gasteiger partial charge in [0.2, 0.25) is 0 Å². The van der Waals surface area contributed by atoms with E-state index < -0.39 is 17.8 Å². The molecule has 2 aromatic carbocycles. The number of piperazine rings is 1. The third kappa shape index (κ3) is 6.63. The van der Waals surface area contributed by atoms with Crippen molar-refractivity contribution in [2.45, 2.75) is 39.4 Å². The van der Waals surface area contributed by atoms with Gasteiger partial charge >= 0.3 is 6.18 Å². The summed E-state index contributed by atoms with van der Waals surface area (Å²) in [5.41, 5.74) is 7.95. The molecule has 0 radical (unpaired) electrons. The Labute approximate surface area is 193 Å². The first kappa shape index (κ1) is 24.9. The lowest BCUT2D eigenvalue weighted by Gasteiger charge is -2.37. The van der Waals surface area contributed by atoms with Crippen molar-refractivity contribution in [2.24, 2.45) is 11.7 Å². The standard InChI is InChI=1S/C25H32F3N3O2/c1-17(2)14-22(29)21-15-19(25(26,27)28)6-9-23(21)30-10-12-31(13-11-30)24(32)16-33-20-7-4-18(3)5-8-20/h4-9,15,17,22H,10-14,16,29H2,1-3H3/t22-/m0/s1. The van der Waals surface area contributed by atoms with Crippen LogP contribution >= 0.6 is 0 Å². The molecule has 0 bridgehead atoms. The minimum atomic E-state index is -4.42. The Bertz CT molecular complexity index is 937. The zero-order chi connectivity index (χ0) is 24.2. The van der Waals surface area contributed by atoms with E-state index in [9.17, 15) is 18.0 Å². The van der Waals surface area contributed by atoms with Gasteiger partial charge in [0, 0.05) is 37.9 Å². The molecule has 1 fully saturated rings. The number of nitrogens with two attached hydrogens (primary N) is 1. The Morgan fingerprint density at radius 2 is 1.70 bits per heavy atom. The smallest absolute Gasteiger partial charge is 0.416 e. The van der Waals surface area contributed by atoms with E-state index in [0.29, 0.717) is 49.6 Å². The van der Waals surface area contributed by atoms with Gasteiger partial charge in [-0.3, -0.25) is 4.79 Å². The van der Waals surface area contributed by atoms with Crippen molar-refractivity contribution in [3.05, 3.63) is 59.2 Å². The minimum Gasteiger partial charge on any atom is -0.484 e. The number of amides is 1. The van der Waals surface area contributed by atoms with Gasteiger partial charge in [0.15, 0.2) is 6.61 Å². The van der Waals surface area contributed by atoms with Crippen molar-refractivity contribution in [1.29, 1.82) is 0 Å². The molecule has 1 heterocycles. The first-order valence-electron chi connectivity index (χ1n) is 11.2. The SMILES string of the molecule is Cc1ccc(OCC(=O)N2CCN(c3ccc(C(F)(F)F)cc3[C@@H](N)CC(C)C)CC2)cc1. The highest BCUT2D eigenvalue weighted by Gasteiger charge is 2.33. The topological polar surface area (TPSA) is 58.8 Å². The van der Waals surface area contributed by atoms with Crippen molar-refractivity contribution in [3.63, 3.8) is 0 Å². The molecular formula is C25H32F3N3O2. The molecular weight excluding hydrogens is 431 g/mol. The summed E-state index contributed by atoms with van der Waals surface area (Å²) in [6.45, 7) is 7.89. The average Bonchev–Trinajstić information content (AvgIpc) is 2.77. The maximum Gasteiger partial charge on any atom is 0.416 e. The molecule has 1 atom stereocenters. The second kappa shape index (κ2) is 10.5. The van der Waals surface area contributed by atoms with E-state index in [1.165, 1.54) is 12.1 Å². The molecule has 0 aromatic heterocycles. The van der Waals surface area contributed by atoms with Crippen LogP contribution in [0.2, 0.25) is 0 Å². The molecule has 1 saturated heterocycles. The molecule has 8 heteroatoms. The second-order valence-corrected chi connectivity index (χ2v) is 8.98. The summed E-state index contributed by atoms with van der Waals surface area (Å²) in [7, 11) is 0. The quantitative estimate of drug-likeness (QED) is 0.642. The number of hydrogen-bond acceptors (Lipinski definition) is 4. The van der Waals surface area contributed by atoms with Crippen LogP contribution in [-0.2, 0) is 11.0 Å². The number of ether oxygens (including phenoxy) is 1. The number of anilines is 1. The van der Waals surface area contributed by atoms with Crippen LogP contribution in [0.3, 0.4) is 0 Å². The first-order valence-corrected chi connectivity index (χ1v) is 11.2. The van der Waals surface area contributed by atoms with Gasteiger partial charge in [-0.2, -0.15) is 13.2 Å². The van der Waals surface area contributed by atoms with Crippen molar-refractivity contribution < 1.29 is 22.7 Å². The van der Waals surface area contributed by atoms with E-state index in [1.54, 1.807) is 4.90 Å². The van der Waals surface area contributed by atoms with E-state index in [0.717, 1.165) is 11.6 Å². The Hall–Kier alpha value is -2.74. The summed E-state index contributed by atoms with van der Waals surface area (Å²) in [6, 6.07) is 10.8. The van der Waals surface area contributed by atoms with Crippen LogP contribution in [0, 0.1) is 12.8 Å². The molecule has 180 valence electrons. The van der Waals surface area contributed by atoms with Crippen LogP contribution in [0.1, 0.15) is 43.0 Å². The number of hydrogen-bond donors (Lipinski definition) is 1. The molecule has 2 aromatic rings. The van der Waals surface area contributed by atoms with E-state index in [2.05, 4.69) is 0 Å². The Morgan fingerprint density at radius 1 is 1.06 bits per heavy atom. The molecule has 33 heavy (non-hydrogen) atoms. The highest BCUT2D eigenvalue weighted by Crippen LogP contribution is 2.36. The fraction of sp³-hybridized carbons (Fsp3) is 0.480. The fourth-order valence-corrected chi connectivity index (χ4v) is 4.02. The lowest BCUT2D eigenvalue weighted by Crippen LogP contribution is -2.50. The lowest BCUT2D eigenvalue weighted by molar-refractivity contribution is -0.137. The van der Waals surface area contributed by atoms with Crippen LogP contribution in [0.5, 0.6) is 5.75 Å². The number of rotatable bonds is 7. The normalized spacial score (nSPS) is 15.6. The molecule has 0 unspecified atom stereocenters. The van der Waals surface area contributed by atoms with Gasteiger partial charge in [-0.25, -0.2) is 0 Å². The summed E-state index contributed by atoms with van der Waals surface area (Å²) in [5.74, 6) is 0.783. The predicted molar refractivity (Wildman–Crippen MR) is 123 cm³/mol. The minimum absolute atomic E-state index is 0.0478. The molecule has 1 amide bonds. The third-order valence-electron chi connectivity index (χ3n) is 5.84. The zero-order valence-electron chi connectivity index (χ0n) is 19.4. The number of carbonyl (C=O) groups excluding carboxylic acids is 1. The monoisotopic (exact) mass is 463 g/mol. The predicted octanol–water partition coefficient (Wildman–Crippen LogP) is 4.79. The van der Waals surface area contributed by atoms with Crippen molar-refractivity contribution >= 4 is 11.6 Å². The largest absolute Gasteiger partial charge is 0.484 e. The fourth-order valence-electron chi connectivity index (χ4n) is 4.02. The van der Waals surface area contributed by atoms with Crippen molar-refractivity contribution in [3.8, 4) is 5.75 Å². The van der Waals surface area contributed by atoms with Gasteiger partial charge in [-0.1, -0.05) is 31.5 Å². The molecule has 0 spiro atoms.